The van der Waals surface area contributed by atoms with Crippen molar-refractivity contribution < 1.29 is 9.53 Å². The van der Waals surface area contributed by atoms with E-state index in [-0.39, 0.29) is 5.97 Å². The molecule has 2 fully saturated rings. The van der Waals surface area contributed by atoms with Gasteiger partial charge >= 0.3 is 5.97 Å². The Hall–Kier alpha value is -2.13. The summed E-state index contributed by atoms with van der Waals surface area (Å²) in [6, 6.07) is 21.3. The normalized spacial score (nSPS) is 19.1. The molecule has 0 radical (unpaired) electrons. The second-order valence-corrected chi connectivity index (χ2v) is 9.73. The van der Waals surface area contributed by atoms with E-state index in [1.165, 1.54) is 50.9 Å². The third-order valence-corrected chi connectivity index (χ3v) is 7.63. The lowest BCUT2D eigenvalue weighted by molar-refractivity contribution is -0.150. The maximum Gasteiger partial charge on any atom is 0.316 e. The van der Waals surface area contributed by atoms with Crippen molar-refractivity contribution in [3.8, 4) is 0 Å². The standard InChI is InChI=1S/C29H39NO2/c31-28(29(19-9-10-20-29)27-15-7-4-8-16-27)32-24-12-2-1-11-21-30-22-17-26(18-23-30)25-13-5-3-6-14-25/h3-8,13-16,26H,1-2,9-12,17-24H2. The maximum atomic E-state index is 13.0. The molecule has 3 heteroatoms. The van der Waals surface area contributed by atoms with E-state index in [9.17, 15) is 4.79 Å². The van der Waals surface area contributed by atoms with Crippen molar-refractivity contribution in [3.63, 3.8) is 0 Å². The molecule has 0 aromatic heterocycles. The maximum absolute atomic E-state index is 13.0. The van der Waals surface area contributed by atoms with Crippen LogP contribution in [-0.4, -0.2) is 37.1 Å². The molecule has 2 aromatic rings. The zero-order valence-corrected chi connectivity index (χ0v) is 19.5. The van der Waals surface area contributed by atoms with Crippen molar-refractivity contribution in [2.45, 2.75) is 75.5 Å². The highest BCUT2D eigenvalue weighted by atomic mass is 16.5. The summed E-state index contributed by atoms with van der Waals surface area (Å²) in [4.78, 5) is 15.6. The monoisotopic (exact) mass is 433 g/mol. The van der Waals surface area contributed by atoms with Gasteiger partial charge in [0.15, 0.2) is 0 Å². The van der Waals surface area contributed by atoms with E-state index < -0.39 is 5.41 Å². The molecule has 0 atom stereocenters. The fraction of sp³-hybridized carbons (Fsp3) is 0.552. The van der Waals surface area contributed by atoms with Crippen molar-refractivity contribution >= 4 is 5.97 Å². The number of likely N-dealkylation sites (tertiary alicyclic amines) is 1. The minimum absolute atomic E-state index is 0.00230. The second kappa shape index (κ2) is 11.7. The van der Waals surface area contributed by atoms with Crippen LogP contribution in [0.3, 0.4) is 0 Å². The van der Waals surface area contributed by atoms with E-state index >= 15 is 0 Å². The molecular weight excluding hydrogens is 394 g/mol. The van der Waals surface area contributed by atoms with Gasteiger partial charge in [-0.1, -0.05) is 86.3 Å². The minimum Gasteiger partial charge on any atom is -0.465 e. The molecule has 1 aliphatic carbocycles. The summed E-state index contributed by atoms with van der Waals surface area (Å²) < 4.78 is 5.78. The van der Waals surface area contributed by atoms with E-state index in [2.05, 4.69) is 47.4 Å². The predicted molar refractivity (Wildman–Crippen MR) is 131 cm³/mol. The molecule has 0 unspecified atom stereocenters. The first kappa shape index (κ1) is 23.0. The van der Waals surface area contributed by atoms with Crippen LogP contribution < -0.4 is 0 Å². The highest BCUT2D eigenvalue weighted by Crippen LogP contribution is 2.42. The van der Waals surface area contributed by atoms with Crippen LogP contribution in [0.1, 0.15) is 81.3 Å². The molecule has 0 bridgehead atoms. The van der Waals surface area contributed by atoms with Gasteiger partial charge in [-0.2, -0.15) is 0 Å². The lowest BCUT2D eigenvalue weighted by atomic mass is 9.79. The van der Waals surface area contributed by atoms with Crippen LogP contribution in [0.4, 0.5) is 0 Å². The summed E-state index contributed by atoms with van der Waals surface area (Å²) in [5.41, 5.74) is 2.25. The molecule has 32 heavy (non-hydrogen) atoms. The molecule has 4 rings (SSSR count). The number of hydrogen-bond acceptors (Lipinski definition) is 3. The molecule has 2 aromatic carbocycles. The van der Waals surface area contributed by atoms with E-state index in [1.54, 1.807) is 0 Å². The number of esters is 1. The lowest BCUT2D eigenvalue weighted by Gasteiger charge is -2.32. The molecule has 1 aliphatic heterocycles. The first-order valence-corrected chi connectivity index (χ1v) is 12.8. The van der Waals surface area contributed by atoms with E-state index in [0.717, 1.165) is 50.0 Å². The molecular formula is C29H39NO2. The van der Waals surface area contributed by atoms with Crippen molar-refractivity contribution in [2.24, 2.45) is 0 Å². The molecule has 172 valence electrons. The smallest absolute Gasteiger partial charge is 0.316 e. The summed E-state index contributed by atoms with van der Waals surface area (Å²) in [7, 11) is 0. The highest BCUT2D eigenvalue weighted by Gasteiger charge is 2.43. The third-order valence-electron chi connectivity index (χ3n) is 7.63. The van der Waals surface area contributed by atoms with E-state index in [4.69, 9.17) is 4.74 Å². The number of nitrogens with zero attached hydrogens (tertiary/aromatic N) is 1. The zero-order chi connectivity index (χ0) is 22.1. The van der Waals surface area contributed by atoms with Gasteiger partial charge in [-0.3, -0.25) is 4.79 Å². The first-order valence-electron chi connectivity index (χ1n) is 12.8. The van der Waals surface area contributed by atoms with Gasteiger partial charge in [-0.25, -0.2) is 0 Å². The fourth-order valence-electron chi connectivity index (χ4n) is 5.66. The summed E-state index contributed by atoms with van der Waals surface area (Å²) in [5.74, 6) is 0.740. The van der Waals surface area contributed by atoms with Crippen LogP contribution >= 0.6 is 0 Å². The van der Waals surface area contributed by atoms with Crippen molar-refractivity contribution in [2.75, 3.05) is 26.2 Å². The largest absolute Gasteiger partial charge is 0.465 e. The number of unbranched alkanes of at least 4 members (excludes halogenated alkanes) is 3. The van der Waals surface area contributed by atoms with Gasteiger partial charge in [-0.05, 0) is 75.2 Å². The number of piperidine rings is 1. The molecule has 0 amide bonds. The molecule has 1 saturated carbocycles. The summed E-state index contributed by atoms with van der Waals surface area (Å²) in [6.45, 7) is 4.21. The average molecular weight is 434 g/mol. The number of benzene rings is 2. The number of carbonyl (C=O) groups excluding carboxylic acids is 1. The Bertz CT molecular complexity index is 806. The Balaban J connectivity index is 1.09. The molecule has 1 heterocycles. The predicted octanol–water partition coefficient (Wildman–Crippen LogP) is 6.48. The molecule has 3 nitrogen and oxygen atoms in total. The summed E-state index contributed by atoms with van der Waals surface area (Å²) in [6.07, 6.45) is 11.2. The van der Waals surface area contributed by atoms with Gasteiger partial charge in [0.2, 0.25) is 0 Å². The van der Waals surface area contributed by atoms with Crippen molar-refractivity contribution in [1.29, 1.82) is 0 Å². The average Bonchev–Trinajstić information content (AvgIpc) is 3.36. The molecule has 1 saturated heterocycles. The van der Waals surface area contributed by atoms with Crippen LogP contribution in [0.2, 0.25) is 0 Å². The van der Waals surface area contributed by atoms with Gasteiger partial charge in [-0.15, -0.1) is 0 Å². The van der Waals surface area contributed by atoms with E-state index in [1.807, 2.05) is 18.2 Å². The SMILES string of the molecule is O=C(OCCCCCCN1CCC(c2ccccc2)CC1)C1(c2ccccc2)CCCC1. The van der Waals surface area contributed by atoms with Crippen LogP contribution in [0.15, 0.2) is 60.7 Å². The van der Waals surface area contributed by atoms with Gasteiger partial charge < -0.3 is 9.64 Å². The Morgan fingerprint density at radius 2 is 1.47 bits per heavy atom. The second-order valence-electron chi connectivity index (χ2n) is 9.73. The number of hydrogen-bond donors (Lipinski definition) is 0. The Labute approximate surface area is 194 Å². The number of carbonyl (C=O) groups is 1. The first-order chi connectivity index (χ1) is 15.8. The summed E-state index contributed by atoms with van der Waals surface area (Å²) >= 11 is 0. The van der Waals surface area contributed by atoms with Gasteiger partial charge in [0.05, 0.1) is 12.0 Å². The van der Waals surface area contributed by atoms with Crippen LogP contribution in [0.5, 0.6) is 0 Å². The Morgan fingerprint density at radius 1 is 0.844 bits per heavy atom. The van der Waals surface area contributed by atoms with E-state index in [0.29, 0.717) is 6.61 Å². The Kier molecular flexibility index (Phi) is 8.39. The minimum atomic E-state index is -0.396. The molecule has 0 N–H and O–H groups in total. The molecule has 2 aliphatic rings. The lowest BCUT2D eigenvalue weighted by Crippen LogP contribution is -2.35. The fourth-order valence-corrected chi connectivity index (χ4v) is 5.66. The summed E-state index contributed by atoms with van der Waals surface area (Å²) in [5, 5.41) is 0. The number of rotatable bonds is 10. The van der Waals surface area contributed by atoms with Crippen molar-refractivity contribution in [3.05, 3.63) is 71.8 Å². The zero-order valence-electron chi connectivity index (χ0n) is 19.5. The number of ether oxygens (including phenoxy) is 1. The van der Waals surface area contributed by atoms with Gasteiger partial charge in [0.25, 0.3) is 0 Å². The van der Waals surface area contributed by atoms with Gasteiger partial charge in [0, 0.05) is 0 Å². The molecule has 0 spiro atoms. The topological polar surface area (TPSA) is 29.5 Å². The third kappa shape index (κ3) is 5.81. The quantitative estimate of drug-likeness (QED) is 0.317. The Morgan fingerprint density at radius 3 is 2.16 bits per heavy atom. The van der Waals surface area contributed by atoms with Crippen LogP contribution in [0, 0.1) is 0 Å². The van der Waals surface area contributed by atoms with Crippen molar-refractivity contribution in [1.82, 2.24) is 4.90 Å². The highest BCUT2D eigenvalue weighted by molar-refractivity contribution is 5.83. The van der Waals surface area contributed by atoms with Gasteiger partial charge in [0.1, 0.15) is 0 Å². The van der Waals surface area contributed by atoms with Crippen LogP contribution in [-0.2, 0) is 14.9 Å². The van der Waals surface area contributed by atoms with Crippen LogP contribution in [0.25, 0.3) is 0 Å².